The van der Waals surface area contributed by atoms with E-state index in [1.54, 1.807) is 18.4 Å². The van der Waals surface area contributed by atoms with E-state index in [0.717, 1.165) is 29.8 Å². The van der Waals surface area contributed by atoms with Crippen molar-refractivity contribution in [2.75, 3.05) is 13.6 Å². The highest BCUT2D eigenvalue weighted by atomic mass is 32.1. The van der Waals surface area contributed by atoms with Crippen LogP contribution >= 0.6 is 11.3 Å². The van der Waals surface area contributed by atoms with Crippen molar-refractivity contribution >= 4 is 17.3 Å². The fraction of sp³-hybridized carbons (Fsp3) is 0.412. The maximum absolute atomic E-state index is 4.45. The van der Waals surface area contributed by atoms with Gasteiger partial charge in [-0.15, -0.1) is 11.3 Å². The lowest BCUT2D eigenvalue weighted by molar-refractivity contribution is 0.699. The first kappa shape index (κ1) is 16.5. The summed E-state index contributed by atoms with van der Waals surface area (Å²) in [6.07, 6.45) is 0. The third kappa shape index (κ3) is 4.56. The number of aryl methyl sites for hydroxylation is 2. The van der Waals surface area contributed by atoms with Crippen molar-refractivity contribution in [1.29, 1.82) is 0 Å². The van der Waals surface area contributed by atoms with Crippen molar-refractivity contribution in [2.45, 2.75) is 33.2 Å². The standard InChI is InChI=1S/C17H24N4S/c1-12(15-8-6-5-7-9-15)10-19-17(18-4)20-11-16-13(2)21-14(3)22-16/h5-9,12H,10-11H2,1-4H3,(H2,18,19,20). The SMILES string of the molecule is CN=C(NCc1sc(C)nc1C)NCC(C)c1ccccc1. The summed E-state index contributed by atoms with van der Waals surface area (Å²) in [6.45, 7) is 7.91. The van der Waals surface area contributed by atoms with Crippen LogP contribution in [0.2, 0.25) is 0 Å². The molecule has 22 heavy (non-hydrogen) atoms. The van der Waals surface area contributed by atoms with Gasteiger partial charge in [0.2, 0.25) is 0 Å². The third-order valence-corrected chi connectivity index (χ3v) is 4.66. The van der Waals surface area contributed by atoms with Crippen LogP contribution in [0, 0.1) is 13.8 Å². The Hall–Kier alpha value is -1.88. The summed E-state index contributed by atoms with van der Waals surface area (Å²) in [5.41, 5.74) is 2.43. The Labute approximate surface area is 136 Å². The van der Waals surface area contributed by atoms with Crippen molar-refractivity contribution in [2.24, 2.45) is 4.99 Å². The quantitative estimate of drug-likeness (QED) is 0.658. The predicted molar refractivity (Wildman–Crippen MR) is 94.6 cm³/mol. The van der Waals surface area contributed by atoms with Crippen LogP contribution in [-0.4, -0.2) is 24.5 Å². The summed E-state index contributed by atoms with van der Waals surface area (Å²) in [5.74, 6) is 1.26. The predicted octanol–water partition coefficient (Wildman–Crippen LogP) is 3.23. The minimum Gasteiger partial charge on any atom is -0.356 e. The summed E-state index contributed by atoms with van der Waals surface area (Å²) in [4.78, 5) is 9.99. The molecular formula is C17H24N4S. The van der Waals surface area contributed by atoms with Gasteiger partial charge in [-0.05, 0) is 25.3 Å². The van der Waals surface area contributed by atoms with Crippen LogP contribution in [0.15, 0.2) is 35.3 Å². The molecule has 5 heteroatoms. The second-order valence-electron chi connectivity index (χ2n) is 5.36. The highest BCUT2D eigenvalue weighted by Crippen LogP contribution is 2.16. The number of aromatic nitrogens is 1. The highest BCUT2D eigenvalue weighted by Gasteiger charge is 2.08. The molecule has 1 aromatic heterocycles. The summed E-state index contributed by atoms with van der Waals surface area (Å²) in [6, 6.07) is 10.5. The van der Waals surface area contributed by atoms with Crippen LogP contribution in [0.1, 0.15) is 34.0 Å². The Morgan fingerprint density at radius 3 is 2.55 bits per heavy atom. The zero-order valence-electron chi connectivity index (χ0n) is 13.7. The first-order valence-electron chi connectivity index (χ1n) is 7.52. The number of aliphatic imine (C=N–C) groups is 1. The molecule has 1 heterocycles. The number of rotatable bonds is 5. The van der Waals surface area contributed by atoms with E-state index in [0.29, 0.717) is 5.92 Å². The fourth-order valence-corrected chi connectivity index (χ4v) is 3.15. The lowest BCUT2D eigenvalue weighted by atomic mass is 10.0. The van der Waals surface area contributed by atoms with Crippen molar-refractivity contribution in [1.82, 2.24) is 15.6 Å². The largest absolute Gasteiger partial charge is 0.356 e. The minimum absolute atomic E-state index is 0.437. The average molecular weight is 316 g/mol. The summed E-state index contributed by atoms with van der Waals surface area (Å²) >= 11 is 1.73. The number of hydrogen-bond acceptors (Lipinski definition) is 3. The Kier molecular flexibility index (Phi) is 5.95. The lowest BCUT2D eigenvalue weighted by Crippen LogP contribution is -2.38. The van der Waals surface area contributed by atoms with Crippen LogP contribution in [-0.2, 0) is 6.54 Å². The van der Waals surface area contributed by atoms with Gasteiger partial charge in [0.15, 0.2) is 5.96 Å². The number of guanidine groups is 1. The Balaban J connectivity index is 1.84. The van der Waals surface area contributed by atoms with Gasteiger partial charge in [0, 0.05) is 18.5 Å². The molecule has 1 atom stereocenters. The summed E-state index contributed by atoms with van der Waals surface area (Å²) in [7, 11) is 1.80. The number of hydrogen-bond donors (Lipinski definition) is 2. The van der Waals surface area contributed by atoms with Crippen LogP contribution in [0.25, 0.3) is 0 Å². The highest BCUT2D eigenvalue weighted by molar-refractivity contribution is 7.11. The van der Waals surface area contributed by atoms with E-state index in [-0.39, 0.29) is 0 Å². The molecule has 1 unspecified atom stereocenters. The number of nitrogens with zero attached hydrogens (tertiary/aromatic N) is 2. The fourth-order valence-electron chi connectivity index (χ4n) is 2.27. The maximum Gasteiger partial charge on any atom is 0.191 e. The second-order valence-corrected chi connectivity index (χ2v) is 6.65. The third-order valence-electron chi connectivity index (χ3n) is 3.58. The first-order chi connectivity index (χ1) is 10.6. The van der Waals surface area contributed by atoms with Crippen molar-refractivity contribution < 1.29 is 0 Å². The van der Waals surface area contributed by atoms with E-state index in [1.807, 2.05) is 19.9 Å². The molecule has 0 fully saturated rings. The molecule has 0 saturated heterocycles. The summed E-state index contributed by atoms with van der Waals surface area (Å²) in [5, 5.41) is 7.85. The minimum atomic E-state index is 0.437. The lowest BCUT2D eigenvalue weighted by Gasteiger charge is -2.16. The van der Waals surface area contributed by atoms with Crippen LogP contribution in [0.5, 0.6) is 0 Å². The molecule has 0 spiro atoms. The Morgan fingerprint density at radius 1 is 1.23 bits per heavy atom. The van der Waals surface area contributed by atoms with Crippen molar-refractivity contribution in [3.8, 4) is 0 Å². The van der Waals surface area contributed by atoms with Crippen LogP contribution < -0.4 is 10.6 Å². The molecule has 0 aliphatic carbocycles. The summed E-state index contributed by atoms with van der Waals surface area (Å²) < 4.78 is 0. The molecule has 118 valence electrons. The molecular weight excluding hydrogens is 292 g/mol. The molecule has 1 aromatic carbocycles. The van der Waals surface area contributed by atoms with Gasteiger partial charge < -0.3 is 10.6 Å². The van der Waals surface area contributed by atoms with Gasteiger partial charge in [-0.3, -0.25) is 4.99 Å². The average Bonchev–Trinajstić information content (AvgIpc) is 2.86. The molecule has 0 aliphatic rings. The maximum atomic E-state index is 4.45. The van der Waals surface area contributed by atoms with E-state index in [2.05, 4.69) is 51.8 Å². The smallest absolute Gasteiger partial charge is 0.191 e. The van der Waals surface area contributed by atoms with E-state index in [1.165, 1.54) is 10.4 Å². The van der Waals surface area contributed by atoms with Gasteiger partial charge in [-0.25, -0.2) is 4.98 Å². The first-order valence-corrected chi connectivity index (χ1v) is 8.34. The molecule has 0 radical (unpaired) electrons. The molecule has 4 nitrogen and oxygen atoms in total. The molecule has 0 aliphatic heterocycles. The molecule has 2 rings (SSSR count). The van der Waals surface area contributed by atoms with Crippen molar-refractivity contribution in [3.63, 3.8) is 0 Å². The van der Waals surface area contributed by atoms with Gasteiger partial charge in [-0.2, -0.15) is 0 Å². The van der Waals surface area contributed by atoms with Gasteiger partial charge in [0.25, 0.3) is 0 Å². The molecule has 0 amide bonds. The number of thiazole rings is 1. The second kappa shape index (κ2) is 7.94. The van der Waals surface area contributed by atoms with E-state index >= 15 is 0 Å². The number of nitrogens with one attached hydrogen (secondary N) is 2. The van der Waals surface area contributed by atoms with E-state index in [4.69, 9.17) is 0 Å². The Bertz CT molecular complexity index is 619. The molecule has 0 saturated carbocycles. The zero-order chi connectivity index (χ0) is 15.9. The molecule has 0 bridgehead atoms. The molecule has 2 N–H and O–H groups in total. The zero-order valence-corrected chi connectivity index (χ0v) is 14.5. The van der Waals surface area contributed by atoms with E-state index in [9.17, 15) is 0 Å². The van der Waals surface area contributed by atoms with Gasteiger partial charge >= 0.3 is 0 Å². The molecule has 2 aromatic rings. The number of benzene rings is 1. The van der Waals surface area contributed by atoms with Gasteiger partial charge in [-0.1, -0.05) is 37.3 Å². The normalized spacial score (nSPS) is 13.0. The topological polar surface area (TPSA) is 49.3 Å². The van der Waals surface area contributed by atoms with Crippen LogP contribution in [0.4, 0.5) is 0 Å². The monoisotopic (exact) mass is 316 g/mol. The van der Waals surface area contributed by atoms with E-state index < -0.39 is 0 Å². The van der Waals surface area contributed by atoms with Gasteiger partial charge in [0.1, 0.15) is 0 Å². The Morgan fingerprint density at radius 2 is 1.95 bits per heavy atom. The van der Waals surface area contributed by atoms with Crippen LogP contribution in [0.3, 0.4) is 0 Å². The van der Waals surface area contributed by atoms with Gasteiger partial charge in [0.05, 0.1) is 17.2 Å². The van der Waals surface area contributed by atoms with Crippen molar-refractivity contribution in [3.05, 3.63) is 51.5 Å².